The monoisotopic (exact) mass is 332 g/mol. The minimum absolute atomic E-state index is 0.0482. The van der Waals surface area contributed by atoms with Crippen LogP contribution < -0.4 is 10.1 Å². The Bertz CT molecular complexity index is 668. The molecule has 1 aromatic heterocycles. The fourth-order valence-corrected chi connectivity index (χ4v) is 3.09. The van der Waals surface area contributed by atoms with Crippen LogP contribution in [-0.2, 0) is 13.1 Å². The number of ether oxygens (including phenoxy) is 1. The Hall–Kier alpha value is -2.21. The summed E-state index contributed by atoms with van der Waals surface area (Å²) in [6.45, 7) is 1.07. The largest absolute Gasteiger partial charge is 0.504 e. The number of hydrogen-bond acceptors (Lipinski definition) is 4. The Morgan fingerprint density at radius 2 is 2.26 bits per heavy atom. The van der Waals surface area contributed by atoms with Crippen molar-refractivity contribution in [3.63, 3.8) is 0 Å². The van der Waals surface area contributed by atoms with Crippen molar-refractivity contribution in [1.82, 2.24) is 10.2 Å². The van der Waals surface area contributed by atoms with Gasteiger partial charge in [-0.2, -0.15) is 0 Å². The van der Waals surface area contributed by atoms with E-state index < -0.39 is 0 Å². The first kappa shape index (κ1) is 15.7. The van der Waals surface area contributed by atoms with E-state index in [-0.39, 0.29) is 11.8 Å². The van der Waals surface area contributed by atoms with E-state index in [1.165, 1.54) is 7.11 Å². The van der Waals surface area contributed by atoms with Crippen LogP contribution in [0.1, 0.15) is 23.3 Å². The molecule has 0 unspecified atom stereocenters. The number of methoxy groups -OCH3 is 1. The van der Waals surface area contributed by atoms with Crippen molar-refractivity contribution in [3.05, 3.63) is 46.2 Å². The van der Waals surface area contributed by atoms with Gasteiger partial charge in [0, 0.05) is 17.5 Å². The van der Waals surface area contributed by atoms with Crippen LogP contribution in [0, 0.1) is 0 Å². The lowest BCUT2D eigenvalue weighted by Crippen LogP contribution is -2.40. The summed E-state index contributed by atoms with van der Waals surface area (Å²) in [7, 11) is 1.52. The van der Waals surface area contributed by atoms with E-state index >= 15 is 0 Å². The van der Waals surface area contributed by atoms with E-state index in [0.29, 0.717) is 24.9 Å². The zero-order valence-electron chi connectivity index (χ0n) is 13.0. The van der Waals surface area contributed by atoms with Gasteiger partial charge in [0.2, 0.25) is 0 Å². The highest BCUT2D eigenvalue weighted by atomic mass is 32.1. The fraction of sp³-hybridized carbons (Fsp3) is 0.353. The minimum atomic E-state index is -0.0482. The summed E-state index contributed by atoms with van der Waals surface area (Å²) in [5.74, 6) is 0.536. The molecule has 6 heteroatoms. The number of aromatic hydroxyl groups is 1. The van der Waals surface area contributed by atoms with Gasteiger partial charge in [-0.25, -0.2) is 4.79 Å². The number of carbonyl (C=O) groups excluding carboxylic acids is 1. The Morgan fingerprint density at radius 1 is 1.43 bits per heavy atom. The SMILES string of the molecule is COc1cc(CN(C(=O)NCc2cccs2)C2CC2)ccc1O. The van der Waals surface area contributed by atoms with Crippen molar-refractivity contribution < 1.29 is 14.6 Å². The number of nitrogens with one attached hydrogen (secondary N) is 1. The molecule has 23 heavy (non-hydrogen) atoms. The average molecular weight is 332 g/mol. The number of phenolic OH excluding ortho intramolecular Hbond substituents is 1. The number of benzene rings is 1. The Kier molecular flexibility index (Phi) is 4.71. The number of nitrogens with zero attached hydrogens (tertiary/aromatic N) is 1. The average Bonchev–Trinajstić information content (AvgIpc) is 3.26. The Labute approximate surface area is 139 Å². The maximum Gasteiger partial charge on any atom is 0.318 e. The van der Waals surface area contributed by atoms with Crippen LogP contribution in [0.4, 0.5) is 4.79 Å². The number of amides is 2. The molecule has 0 aliphatic heterocycles. The number of urea groups is 1. The molecular formula is C17H20N2O3S. The minimum Gasteiger partial charge on any atom is -0.504 e. The predicted octanol–water partition coefficient (Wildman–Crippen LogP) is 3.34. The van der Waals surface area contributed by atoms with Gasteiger partial charge in [0.15, 0.2) is 11.5 Å². The molecule has 1 heterocycles. The molecule has 1 aromatic carbocycles. The summed E-state index contributed by atoms with van der Waals surface area (Å²) in [4.78, 5) is 15.5. The molecule has 3 rings (SSSR count). The lowest BCUT2D eigenvalue weighted by molar-refractivity contribution is 0.191. The molecule has 2 aromatic rings. The molecule has 0 spiro atoms. The number of rotatable bonds is 6. The maximum absolute atomic E-state index is 12.5. The summed E-state index contributed by atoms with van der Waals surface area (Å²) in [6.07, 6.45) is 2.09. The van der Waals surface area contributed by atoms with E-state index in [9.17, 15) is 9.90 Å². The first-order chi connectivity index (χ1) is 11.2. The van der Waals surface area contributed by atoms with E-state index in [1.54, 1.807) is 23.5 Å². The van der Waals surface area contributed by atoms with Gasteiger partial charge in [0.05, 0.1) is 13.7 Å². The fourth-order valence-electron chi connectivity index (χ4n) is 2.45. The summed E-state index contributed by atoms with van der Waals surface area (Å²) < 4.78 is 5.13. The van der Waals surface area contributed by atoms with Gasteiger partial charge in [0.25, 0.3) is 0 Å². The second-order valence-corrected chi connectivity index (χ2v) is 6.64. The highest BCUT2D eigenvalue weighted by molar-refractivity contribution is 7.09. The lowest BCUT2D eigenvalue weighted by Gasteiger charge is -2.23. The standard InChI is InChI=1S/C17H20N2O3S/c1-22-16-9-12(4-7-15(16)20)11-19(13-5-6-13)17(21)18-10-14-3-2-8-23-14/h2-4,7-9,13,20H,5-6,10-11H2,1H3,(H,18,21). The summed E-state index contributed by atoms with van der Waals surface area (Å²) in [5.41, 5.74) is 0.942. The molecule has 1 saturated carbocycles. The molecule has 0 atom stereocenters. The summed E-state index contributed by atoms with van der Waals surface area (Å²) >= 11 is 1.63. The number of phenols is 1. The van der Waals surface area contributed by atoms with Crippen molar-refractivity contribution >= 4 is 17.4 Å². The lowest BCUT2D eigenvalue weighted by atomic mass is 10.2. The van der Waals surface area contributed by atoms with Crippen LogP contribution in [0.25, 0.3) is 0 Å². The smallest absolute Gasteiger partial charge is 0.318 e. The van der Waals surface area contributed by atoms with Gasteiger partial charge in [-0.1, -0.05) is 12.1 Å². The van der Waals surface area contributed by atoms with E-state index in [4.69, 9.17) is 4.74 Å². The molecule has 0 bridgehead atoms. The highest BCUT2D eigenvalue weighted by Gasteiger charge is 2.32. The molecule has 122 valence electrons. The normalized spacial score (nSPS) is 13.6. The van der Waals surface area contributed by atoms with Gasteiger partial charge in [-0.05, 0) is 42.0 Å². The zero-order valence-corrected chi connectivity index (χ0v) is 13.8. The van der Waals surface area contributed by atoms with Crippen LogP contribution in [0.15, 0.2) is 35.7 Å². The summed E-state index contributed by atoms with van der Waals surface area (Å²) in [6, 6.07) is 9.44. The van der Waals surface area contributed by atoms with Crippen molar-refractivity contribution in [2.24, 2.45) is 0 Å². The second kappa shape index (κ2) is 6.91. The molecule has 2 N–H and O–H groups in total. The first-order valence-electron chi connectivity index (χ1n) is 7.60. The molecule has 1 fully saturated rings. The summed E-state index contributed by atoms with van der Waals surface area (Å²) in [5, 5.41) is 14.7. The molecule has 0 radical (unpaired) electrons. The van der Waals surface area contributed by atoms with Crippen LogP contribution in [0.3, 0.4) is 0 Å². The van der Waals surface area contributed by atoms with Crippen LogP contribution in [0.5, 0.6) is 11.5 Å². The van der Waals surface area contributed by atoms with Gasteiger partial charge in [0.1, 0.15) is 0 Å². The van der Waals surface area contributed by atoms with E-state index in [0.717, 1.165) is 23.3 Å². The molecule has 1 aliphatic carbocycles. The molecule has 5 nitrogen and oxygen atoms in total. The van der Waals surface area contributed by atoms with Gasteiger partial charge in [-0.3, -0.25) is 0 Å². The third-order valence-electron chi connectivity index (χ3n) is 3.84. The van der Waals surface area contributed by atoms with Crippen molar-refractivity contribution in [1.29, 1.82) is 0 Å². The van der Waals surface area contributed by atoms with Crippen LogP contribution >= 0.6 is 11.3 Å². The second-order valence-electron chi connectivity index (χ2n) is 5.60. The topological polar surface area (TPSA) is 61.8 Å². The Balaban J connectivity index is 1.65. The Morgan fingerprint density at radius 3 is 2.91 bits per heavy atom. The quantitative estimate of drug-likeness (QED) is 0.853. The first-order valence-corrected chi connectivity index (χ1v) is 8.48. The highest BCUT2D eigenvalue weighted by Crippen LogP contribution is 2.31. The van der Waals surface area contributed by atoms with Crippen molar-refractivity contribution in [2.75, 3.05) is 7.11 Å². The van der Waals surface area contributed by atoms with Crippen molar-refractivity contribution in [3.8, 4) is 11.5 Å². The maximum atomic E-state index is 12.5. The van der Waals surface area contributed by atoms with Crippen LogP contribution in [-0.4, -0.2) is 29.2 Å². The third kappa shape index (κ3) is 3.96. The van der Waals surface area contributed by atoms with Gasteiger partial charge >= 0.3 is 6.03 Å². The number of carbonyl (C=O) groups is 1. The molecule has 2 amide bonds. The van der Waals surface area contributed by atoms with Crippen LogP contribution in [0.2, 0.25) is 0 Å². The van der Waals surface area contributed by atoms with E-state index in [1.807, 2.05) is 28.5 Å². The predicted molar refractivity (Wildman–Crippen MR) is 89.8 cm³/mol. The van der Waals surface area contributed by atoms with Gasteiger partial charge < -0.3 is 20.1 Å². The third-order valence-corrected chi connectivity index (χ3v) is 4.72. The van der Waals surface area contributed by atoms with Gasteiger partial charge in [-0.15, -0.1) is 11.3 Å². The molecule has 1 aliphatic rings. The van der Waals surface area contributed by atoms with E-state index in [2.05, 4.69) is 5.32 Å². The molecule has 0 saturated heterocycles. The number of hydrogen-bond donors (Lipinski definition) is 2. The zero-order chi connectivity index (χ0) is 16.2. The number of thiophene rings is 1. The molecular weight excluding hydrogens is 312 g/mol. The van der Waals surface area contributed by atoms with Crippen molar-refractivity contribution in [2.45, 2.75) is 32.0 Å².